The van der Waals surface area contributed by atoms with Gasteiger partial charge in [0.15, 0.2) is 6.54 Å². The van der Waals surface area contributed by atoms with Crippen LogP contribution >= 0.6 is 0 Å². The number of nitrogens with zero attached hydrogens (tertiary/aromatic N) is 3. The van der Waals surface area contributed by atoms with Gasteiger partial charge in [0.25, 0.3) is 5.91 Å². The minimum atomic E-state index is 0.212. The zero-order valence-corrected chi connectivity index (χ0v) is 16.3. The SMILES string of the molecule is C[C@H]1Cc2ccccc2N1CC(=O)N1CC[NH+](CC(=O)N2CCCC2)CC1. The predicted molar refractivity (Wildman–Crippen MR) is 105 cm³/mol. The first kappa shape index (κ1) is 18.3. The zero-order chi connectivity index (χ0) is 18.8. The van der Waals surface area contributed by atoms with Crippen molar-refractivity contribution in [2.24, 2.45) is 0 Å². The number of hydrogen-bond acceptors (Lipinski definition) is 3. The first-order valence-corrected chi connectivity index (χ1v) is 10.4. The van der Waals surface area contributed by atoms with E-state index in [1.807, 2.05) is 15.9 Å². The highest BCUT2D eigenvalue weighted by atomic mass is 16.2. The van der Waals surface area contributed by atoms with Crippen LogP contribution in [0.3, 0.4) is 0 Å². The largest absolute Gasteiger partial charge is 0.359 e. The molecule has 0 saturated carbocycles. The number of amides is 2. The minimum Gasteiger partial charge on any atom is -0.359 e. The molecule has 3 aliphatic rings. The smallest absolute Gasteiger partial charge is 0.277 e. The molecule has 6 nitrogen and oxygen atoms in total. The quantitative estimate of drug-likeness (QED) is 0.797. The molecule has 6 heteroatoms. The van der Waals surface area contributed by atoms with Crippen LogP contribution in [-0.4, -0.2) is 80.0 Å². The van der Waals surface area contributed by atoms with Crippen molar-refractivity contribution in [1.82, 2.24) is 9.80 Å². The van der Waals surface area contributed by atoms with E-state index in [0.717, 1.165) is 58.5 Å². The molecular formula is C21H31N4O2+. The van der Waals surface area contributed by atoms with Gasteiger partial charge in [-0.2, -0.15) is 0 Å². The van der Waals surface area contributed by atoms with E-state index in [1.54, 1.807) is 0 Å². The van der Waals surface area contributed by atoms with Crippen LogP contribution in [0.15, 0.2) is 24.3 Å². The van der Waals surface area contributed by atoms with Crippen molar-refractivity contribution in [2.45, 2.75) is 32.2 Å². The number of fused-ring (bicyclic) bond motifs is 1. The monoisotopic (exact) mass is 371 g/mol. The van der Waals surface area contributed by atoms with Crippen molar-refractivity contribution in [3.05, 3.63) is 29.8 Å². The van der Waals surface area contributed by atoms with Crippen LogP contribution in [0.1, 0.15) is 25.3 Å². The molecule has 2 fully saturated rings. The molecule has 0 bridgehead atoms. The number of carbonyl (C=O) groups excluding carboxylic acids is 2. The zero-order valence-electron chi connectivity index (χ0n) is 16.3. The molecule has 0 aliphatic carbocycles. The van der Waals surface area contributed by atoms with Gasteiger partial charge in [-0.1, -0.05) is 18.2 Å². The van der Waals surface area contributed by atoms with Crippen LogP contribution in [0.25, 0.3) is 0 Å². The van der Waals surface area contributed by atoms with Crippen molar-refractivity contribution in [1.29, 1.82) is 0 Å². The second-order valence-corrected chi connectivity index (χ2v) is 8.21. The summed E-state index contributed by atoms with van der Waals surface area (Å²) in [4.78, 5) is 32.7. The van der Waals surface area contributed by atoms with E-state index in [0.29, 0.717) is 19.1 Å². The molecule has 3 heterocycles. The molecule has 0 unspecified atom stereocenters. The molecule has 2 saturated heterocycles. The second kappa shape index (κ2) is 7.89. The van der Waals surface area contributed by atoms with Gasteiger partial charge in [0.1, 0.15) is 0 Å². The lowest BCUT2D eigenvalue weighted by molar-refractivity contribution is -0.896. The molecular weight excluding hydrogens is 340 g/mol. The van der Waals surface area contributed by atoms with E-state index in [1.165, 1.54) is 16.2 Å². The topological polar surface area (TPSA) is 48.3 Å². The average Bonchev–Trinajstić information content (AvgIpc) is 3.31. The highest BCUT2D eigenvalue weighted by Crippen LogP contribution is 2.31. The third-order valence-electron chi connectivity index (χ3n) is 6.34. The second-order valence-electron chi connectivity index (χ2n) is 8.21. The van der Waals surface area contributed by atoms with E-state index < -0.39 is 0 Å². The van der Waals surface area contributed by atoms with Crippen LogP contribution in [0, 0.1) is 0 Å². The van der Waals surface area contributed by atoms with E-state index in [9.17, 15) is 9.59 Å². The lowest BCUT2D eigenvalue weighted by atomic mass is 10.1. The first-order chi connectivity index (χ1) is 13.1. The molecule has 146 valence electrons. The van der Waals surface area contributed by atoms with Crippen molar-refractivity contribution in [3.63, 3.8) is 0 Å². The van der Waals surface area contributed by atoms with Gasteiger partial charge >= 0.3 is 0 Å². The molecule has 1 aromatic rings. The highest BCUT2D eigenvalue weighted by molar-refractivity contribution is 5.83. The Kier molecular flexibility index (Phi) is 5.34. The van der Waals surface area contributed by atoms with Gasteiger partial charge in [0.05, 0.1) is 32.7 Å². The van der Waals surface area contributed by atoms with Gasteiger partial charge in [-0.3, -0.25) is 9.59 Å². The number of quaternary nitrogens is 1. The summed E-state index contributed by atoms with van der Waals surface area (Å²) in [6.45, 7) is 8.34. The minimum absolute atomic E-state index is 0.212. The average molecular weight is 372 g/mol. The summed E-state index contributed by atoms with van der Waals surface area (Å²) in [7, 11) is 0. The number of anilines is 1. The number of nitrogens with one attached hydrogen (secondary N) is 1. The maximum absolute atomic E-state index is 12.8. The first-order valence-electron chi connectivity index (χ1n) is 10.4. The molecule has 0 radical (unpaired) electrons. The molecule has 0 spiro atoms. The highest BCUT2D eigenvalue weighted by Gasteiger charge is 2.31. The van der Waals surface area contributed by atoms with E-state index >= 15 is 0 Å². The Hall–Kier alpha value is -2.08. The van der Waals surface area contributed by atoms with E-state index in [4.69, 9.17) is 0 Å². The van der Waals surface area contributed by atoms with Crippen LogP contribution in [0.5, 0.6) is 0 Å². The maximum atomic E-state index is 12.8. The summed E-state index contributed by atoms with van der Waals surface area (Å²) in [6, 6.07) is 8.78. The normalized spacial score (nSPS) is 23.0. The van der Waals surface area contributed by atoms with Crippen molar-refractivity contribution >= 4 is 17.5 Å². The maximum Gasteiger partial charge on any atom is 0.277 e. The van der Waals surface area contributed by atoms with Crippen molar-refractivity contribution in [2.75, 3.05) is 57.3 Å². The summed E-state index contributed by atoms with van der Waals surface area (Å²) in [6.07, 6.45) is 3.29. The van der Waals surface area contributed by atoms with Gasteiger partial charge < -0.3 is 19.6 Å². The molecule has 1 aromatic carbocycles. The van der Waals surface area contributed by atoms with Gasteiger partial charge in [-0.25, -0.2) is 0 Å². The molecule has 4 rings (SSSR count). The number of carbonyl (C=O) groups is 2. The van der Waals surface area contributed by atoms with Gasteiger partial charge in [0, 0.05) is 24.8 Å². The number of piperazine rings is 1. The summed E-state index contributed by atoms with van der Waals surface area (Å²) in [5.74, 6) is 0.494. The Bertz CT molecular complexity index is 693. The van der Waals surface area contributed by atoms with E-state index in [2.05, 4.69) is 30.0 Å². The lowest BCUT2D eigenvalue weighted by Crippen LogP contribution is -3.15. The van der Waals surface area contributed by atoms with Gasteiger partial charge in [-0.15, -0.1) is 0 Å². The number of hydrogen-bond donors (Lipinski definition) is 1. The molecule has 1 atom stereocenters. The molecule has 0 aromatic heterocycles. The molecule has 3 aliphatic heterocycles. The number of likely N-dealkylation sites (tertiary alicyclic amines) is 1. The fourth-order valence-electron chi connectivity index (χ4n) is 4.66. The molecule has 2 amide bonds. The summed E-state index contributed by atoms with van der Waals surface area (Å²) < 4.78 is 0. The Morgan fingerprint density at radius 1 is 1.00 bits per heavy atom. The summed E-state index contributed by atoms with van der Waals surface area (Å²) in [5, 5.41) is 0. The Balaban J connectivity index is 1.27. The van der Waals surface area contributed by atoms with E-state index in [-0.39, 0.29) is 11.8 Å². The van der Waals surface area contributed by atoms with Gasteiger partial charge in [-0.05, 0) is 37.8 Å². The summed E-state index contributed by atoms with van der Waals surface area (Å²) in [5.41, 5.74) is 2.55. The fourth-order valence-corrected chi connectivity index (χ4v) is 4.66. The Morgan fingerprint density at radius 2 is 1.67 bits per heavy atom. The van der Waals surface area contributed by atoms with Crippen LogP contribution < -0.4 is 9.80 Å². The third kappa shape index (κ3) is 3.95. The van der Waals surface area contributed by atoms with Gasteiger partial charge in [0.2, 0.25) is 5.91 Å². The standard InChI is InChI=1S/C21H30N4O2/c1-17-14-18-6-2-3-7-19(18)25(17)16-21(27)24-12-10-22(11-13-24)15-20(26)23-8-4-5-9-23/h2-3,6-7,17H,4-5,8-16H2,1H3/p+1/t17-/m0/s1. The van der Waals surface area contributed by atoms with Crippen molar-refractivity contribution < 1.29 is 14.5 Å². The predicted octanol–water partition coefficient (Wildman–Crippen LogP) is -0.213. The van der Waals surface area contributed by atoms with Crippen molar-refractivity contribution in [3.8, 4) is 0 Å². The number of para-hydroxylation sites is 1. The Labute approximate surface area is 161 Å². The Morgan fingerprint density at radius 3 is 2.41 bits per heavy atom. The van der Waals surface area contributed by atoms with Crippen LogP contribution in [0.2, 0.25) is 0 Å². The summed E-state index contributed by atoms with van der Waals surface area (Å²) >= 11 is 0. The third-order valence-corrected chi connectivity index (χ3v) is 6.34. The fraction of sp³-hybridized carbons (Fsp3) is 0.619. The molecule has 1 N–H and O–H groups in total. The molecule has 27 heavy (non-hydrogen) atoms. The van der Waals surface area contributed by atoms with Crippen LogP contribution in [0.4, 0.5) is 5.69 Å². The lowest BCUT2D eigenvalue weighted by Gasteiger charge is -2.34. The van der Waals surface area contributed by atoms with Crippen LogP contribution in [-0.2, 0) is 16.0 Å². The number of rotatable bonds is 4. The number of benzene rings is 1.